The predicted molar refractivity (Wildman–Crippen MR) is 66.7 cm³/mol. The van der Waals surface area contributed by atoms with Crippen LogP contribution in [0.25, 0.3) is 0 Å². The van der Waals surface area contributed by atoms with E-state index in [1.807, 2.05) is 13.0 Å². The molecule has 0 aliphatic carbocycles. The van der Waals surface area contributed by atoms with Crippen LogP contribution >= 0.6 is 0 Å². The maximum atomic E-state index is 11.5. The fourth-order valence-corrected chi connectivity index (χ4v) is 1.50. The highest BCUT2D eigenvalue weighted by atomic mass is 16.4. The Bertz CT molecular complexity index is 404. The van der Waals surface area contributed by atoms with Crippen molar-refractivity contribution in [3.05, 3.63) is 24.2 Å². The summed E-state index contributed by atoms with van der Waals surface area (Å²) in [5.41, 5.74) is 0. The summed E-state index contributed by atoms with van der Waals surface area (Å²) in [6.45, 7) is 1.92. The zero-order chi connectivity index (χ0) is 14.3. The van der Waals surface area contributed by atoms with Gasteiger partial charge in [0.25, 0.3) is 0 Å². The minimum atomic E-state index is -1.46. The second-order valence-electron chi connectivity index (χ2n) is 4.23. The smallest absolute Gasteiger partial charge is 0.332 e. The number of carboxylic acid groups (broad SMARTS) is 1. The second kappa shape index (κ2) is 7.42. The first-order valence-corrected chi connectivity index (χ1v) is 5.96. The van der Waals surface area contributed by atoms with Crippen molar-refractivity contribution in [1.29, 1.82) is 0 Å². The van der Waals surface area contributed by atoms with E-state index in [4.69, 9.17) is 14.6 Å². The number of amides is 2. The number of aliphatic carboxylic acids is 1. The van der Waals surface area contributed by atoms with Crippen LogP contribution in [0.5, 0.6) is 0 Å². The molecule has 1 aromatic rings. The molecule has 0 aromatic carbocycles. The Kier molecular flexibility index (Phi) is 5.87. The molecule has 2 amide bonds. The Morgan fingerprint density at radius 1 is 1.47 bits per heavy atom. The molecule has 1 rings (SSSR count). The molecule has 1 aromatic heterocycles. The Morgan fingerprint density at radius 3 is 2.79 bits per heavy atom. The molecule has 0 saturated heterocycles. The minimum absolute atomic E-state index is 0.0324. The third-order valence-corrected chi connectivity index (χ3v) is 2.45. The fraction of sp³-hybridized carbons (Fsp3) is 0.500. The zero-order valence-corrected chi connectivity index (χ0v) is 10.6. The van der Waals surface area contributed by atoms with Crippen molar-refractivity contribution < 1.29 is 24.2 Å². The lowest BCUT2D eigenvalue weighted by Gasteiger charge is -2.13. The number of hydrogen-bond donors (Lipinski definition) is 4. The molecule has 7 heteroatoms. The summed E-state index contributed by atoms with van der Waals surface area (Å²) in [4.78, 5) is 21.8. The lowest BCUT2D eigenvalue weighted by molar-refractivity contribution is -0.146. The lowest BCUT2D eigenvalue weighted by atomic mass is 10.2. The van der Waals surface area contributed by atoms with Crippen molar-refractivity contribution in [3.8, 4) is 0 Å². The van der Waals surface area contributed by atoms with Gasteiger partial charge in [-0.2, -0.15) is 0 Å². The van der Waals surface area contributed by atoms with Gasteiger partial charge in [0.15, 0.2) is 6.10 Å². The Labute approximate surface area is 110 Å². The molecule has 1 unspecified atom stereocenters. The van der Waals surface area contributed by atoms with Crippen molar-refractivity contribution in [2.75, 3.05) is 6.54 Å². The second-order valence-corrected chi connectivity index (χ2v) is 4.23. The number of carboxylic acids is 1. The van der Waals surface area contributed by atoms with Crippen LogP contribution in [-0.4, -0.2) is 40.9 Å². The van der Waals surface area contributed by atoms with E-state index < -0.39 is 18.1 Å². The number of furan rings is 1. The van der Waals surface area contributed by atoms with Crippen LogP contribution in [0.15, 0.2) is 22.8 Å². The van der Waals surface area contributed by atoms with E-state index in [9.17, 15) is 9.59 Å². The van der Waals surface area contributed by atoms with Crippen LogP contribution in [0.4, 0.5) is 4.79 Å². The first-order valence-electron chi connectivity index (χ1n) is 5.96. The van der Waals surface area contributed by atoms with Gasteiger partial charge in [-0.1, -0.05) is 0 Å². The van der Waals surface area contributed by atoms with E-state index in [2.05, 4.69) is 10.6 Å². The van der Waals surface area contributed by atoms with Crippen LogP contribution in [0.1, 0.15) is 19.1 Å². The first kappa shape index (κ1) is 15.0. The molecule has 0 aliphatic heterocycles. The molecule has 0 fully saturated rings. The van der Waals surface area contributed by atoms with Gasteiger partial charge in [-0.05, 0) is 19.1 Å². The highest BCUT2D eigenvalue weighted by Crippen LogP contribution is 2.03. The van der Waals surface area contributed by atoms with Crippen molar-refractivity contribution in [3.63, 3.8) is 0 Å². The SMILES string of the molecule is CC(Cc1ccco1)NC(=O)NCC[C@H](O)C(=O)O. The van der Waals surface area contributed by atoms with Crippen LogP contribution in [0.2, 0.25) is 0 Å². The van der Waals surface area contributed by atoms with Gasteiger partial charge in [0.1, 0.15) is 5.76 Å². The van der Waals surface area contributed by atoms with Crippen LogP contribution in [0, 0.1) is 0 Å². The standard InChI is InChI=1S/C12H18N2O5/c1-8(7-9-3-2-6-19-9)14-12(18)13-5-4-10(15)11(16)17/h2-3,6,8,10,15H,4-5,7H2,1H3,(H,16,17)(H2,13,14,18)/t8?,10-/m0/s1. The van der Waals surface area contributed by atoms with Crippen LogP contribution < -0.4 is 10.6 Å². The molecule has 4 N–H and O–H groups in total. The van der Waals surface area contributed by atoms with Gasteiger partial charge in [0, 0.05) is 25.4 Å². The average molecular weight is 270 g/mol. The van der Waals surface area contributed by atoms with E-state index in [0.29, 0.717) is 6.42 Å². The Morgan fingerprint density at radius 2 is 2.21 bits per heavy atom. The lowest BCUT2D eigenvalue weighted by Crippen LogP contribution is -2.42. The molecule has 2 atom stereocenters. The molecule has 7 nitrogen and oxygen atoms in total. The van der Waals surface area contributed by atoms with Gasteiger partial charge in [-0.25, -0.2) is 9.59 Å². The fourth-order valence-electron chi connectivity index (χ4n) is 1.50. The number of aliphatic hydroxyl groups excluding tert-OH is 1. The number of nitrogens with one attached hydrogen (secondary N) is 2. The van der Waals surface area contributed by atoms with E-state index >= 15 is 0 Å². The largest absolute Gasteiger partial charge is 0.479 e. The highest BCUT2D eigenvalue weighted by molar-refractivity contribution is 5.74. The number of rotatable bonds is 7. The van der Waals surface area contributed by atoms with Crippen molar-refractivity contribution in [2.24, 2.45) is 0 Å². The molecule has 0 aliphatic rings. The first-order chi connectivity index (χ1) is 8.99. The third kappa shape index (κ3) is 5.91. The summed E-state index contributed by atoms with van der Waals surface area (Å²) < 4.78 is 5.15. The van der Waals surface area contributed by atoms with Crippen molar-refractivity contribution in [2.45, 2.75) is 31.9 Å². The number of urea groups is 1. The van der Waals surface area contributed by atoms with Crippen molar-refractivity contribution >= 4 is 12.0 Å². The maximum Gasteiger partial charge on any atom is 0.332 e. The Balaban J connectivity index is 2.18. The molecule has 1 heterocycles. The molecule has 19 heavy (non-hydrogen) atoms. The van der Waals surface area contributed by atoms with E-state index in [-0.39, 0.29) is 19.0 Å². The van der Waals surface area contributed by atoms with Crippen LogP contribution in [-0.2, 0) is 11.2 Å². The van der Waals surface area contributed by atoms with Gasteiger partial charge in [0.2, 0.25) is 0 Å². The summed E-state index contributed by atoms with van der Waals surface area (Å²) in [6.07, 6.45) is 0.643. The highest BCUT2D eigenvalue weighted by Gasteiger charge is 2.13. The van der Waals surface area contributed by atoms with Gasteiger partial charge >= 0.3 is 12.0 Å². The van der Waals surface area contributed by atoms with Gasteiger partial charge in [-0.15, -0.1) is 0 Å². The van der Waals surface area contributed by atoms with Crippen LogP contribution in [0.3, 0.4) is 0 Å². The number of aliphatic hydroxyl groups is 1. The average Bonchev–Trinajstić information content (AvgIpc) is 2.81. The summed E-state index contributed by atoms with van der Waals surface area (Å²) in [6, 6.07) is 3.07. The quantitative estimate of drug-likeness (QED) is 0.571. The van der Waals surface area contributed by atoms with Gasteiger partial charge in [0.05, 0.1) is 6.26 Å². The van der Waals surface area contributed by atoms with Crippen molar-refractivity contribution in [1.82, 2.24) is 10.6 Å². The normalized spacial score (nSPS) is 13.6. The molecule has 0 bridgehead atoms. The maximum absolute atomic E-state index is 11.5. The molecule has 106 valence electrons. The summed E-state index contributed by atoms with van der Waals surface area (Å²) in [5, 5.41) is 22.6. The molecule has 0 saturated carbocycles. The number of carbonyl (C=O) groups excluding carboxylic acids is 1. The summed E-state index contributed by atoms with van der Waals surface area (Å²) in [7, 11) is 0. The van der Waals surface area contributed by atoms with E-state index in [1.165, 1.54) is 0 Å². The summed E-state index contributed by atoms with van der Waals surface area (Å²) in [5.74, 6) is -0.525. The molecular formula is C12H18N2O5. The zero-order valence-electron chi connectivity index (χ0n) is 10.6. The number of hydrogen-bond acceptors (Lipinski definition) is 4. The number of carbonyl (C=O) groups is 2. The predicted octanol–water partition coefficient (Wildman–Crippen LogP) is 0.345. The van der Waals surface area contributed by atoms with E-state index in [0.717, 1.165) is 5.76 Å². The minimum Gasteiger partial charge on any atom is -0.479 e. The summed E-state index contributed by atoms with van der Waals surface area (Å²) >= 11 is 0. The topological polar surface area (TPSA) is 112 Å². The third-order valence-electron chi connectivity index (χ3n) is 2.45. The molecule has 0 radical (unpaired) electrons. The monoisotopic (exact) mass is 270 g/mol. The Hall–Kier alpha value is -2.02. The van der Waals surface area contributed by atoms with Gasteiger partial charge < -0.3 is 25.3 Å². The van der Waals surface area contributed by atoms with Gasteiger partial charge in [-0.3, -0.25) is 0 Å². The molecule has 0 spiro atoms. The van der Waals surface area contributed by atoms with E-state index in [1.54, 1.807) is 12.3 Å². The molecular weight excluding hydrogens is 252 g/mol.